The van der Waals surface area contributed by atoms with Gasteiger partial charge in [0.05, 0.1) is 0 Å². The summed E-state index contributed by atoms with van der Waals surface area (Å²) in [5, 5.41) is 0. The van der Waals surface area contributed by atoms with Crippen LogP contribution in [0.2, 0.25) is 0 Å². The van der Waals surface area contributed by atoms with Gasteiger partial charge in [0.25, 0.3) is 0 Å². The smallest absolute Gasteiger partial charge is 0.0185 e. The molecule has 0 bridgehead atoms. The number of hydrogen-bond donors (Lipinski definition) is 0. The lowest BCUT2D eigenvalue weighted by molar-refractivity contribution is 0.427. The predicted octanol–water partition coefficient (Wildman–Crippen LogP) is 2.85. The monoisotopic (exact) mass is 124 g/mol. The van der Waals surface area contributed by atoms with Crippen LogP contribution in [0.5, 0.6) is 0 Å². The lowest BCUT2D eigenvalue weighted by Gasteiger charge is -2.13. The van der Waals surface area contributed by atoms with Crippen LogP contribution in [0.1, 0.15) is 26.7 Å². The van der Waals surface area contributed by atoms with Gasteiger partial charge in [-0.05, 0) is 30.6 Å². The molecule has 0 aromatic carbocycles. The molecule has 0 aromatic rings. The Morgan fingerprint density at radius 1 is 1.22 bits per heavy atom. The van der Waals surface area contributed by atoms with E-state index in [1.807, 2.05) is 0 Å². The summed E-state index contributed by atoms with van der Waals surface area (Å²) in [6.07, 6.45) is 4.93. The van der Waals surface area contributed by atoms with Gasteiger partial charge in [-0.25, -0.2) is 0 Å². The van der Waals surface area contributed by atoms with Crippen molar-refractivity contribution < 1.29 is 0 Å². The number of rotatable bonds is 1. The van der Waals surface area contributed by atoms with Crippen molar-refractivity contribution in [3.8, 4) is 0 Å². The fourth-order valence-corrected chi connectivity index (χ4v) is 1.94. The topological polar surface area (TPSA) is 0 Å². The largest absolute Gasteiger partial charge is 0.103 e. The summed E-state index contributed by atoms with van der Waals surface area (Å²) in [5.74, 6) is 2.57. The minimum atomic E-state index is 0.796. The highest BCUT2D eigenvalue weighted by atomic mass is 14.3. The first-order valence-electron chi connectivity index (χ1n) is 3.88. The second-order valence-electron chi connectivity index (χ2n) is 3.34. The molecule has 0 aliphatic heterocycles. The molecule has 52 valence electrons. The first-order chi connectivity index (χ1) is 4.25. The molecule has 1 aliphatic rings. The third-order valence-electron chi connectivity index (χ3n) is 2.66. The fraction of sp³-hybridized carbons (Fsp3) is 0.778. The van der Waals surface area contributed by atoms with Crippen molar-refractivity contribution in [2.24, 2.45) is 17.8 Å². The van der Waals surface area contributed by atoms with Gasteiger partial charge >= 0.3 is 0 Å². The molecule has 0 N–H and O–H groups in total. The Morgan fingerprint density at radius 2 is 1.67 bits per heavy atom. The van der Waals surface area contributed by atoms with Crippen LogP contribution < -0.4 is 0 Å². The summed E-state index contributed by atoms with van der Waals surface area (Å²) in [6.45, 7) is 8.50. The van der Waals surface area contributed by atoms with Crippen molar-refractivity contribution in [3.05, 3.63) is 12.7 Å². The Morgan fingerprint density at radius 3 is 1.89 bits per heavy atom. The van der Waals surface area contributed by atoms with Crippen LogP contribution in [-0.2, 0) is 0 Å². The van der Waals surface area contributed by atoms with Crippen LogP contribution in [-0.4, -0.2) is 0 Å². The molecular weight excluding hydrogens is 108 g/mol. The molecule has 0 heteroatoms. The third-order valence-corrected chi connectivity index (χ3v) is 2.66. The first-order valence-corrected chi connectivity index (χ1v) is 3.88. The third kappa shape index (κ3) is 1.17. The van der Waals surface area contributed by atoms with Gasteiger partial charge in [-0.1, -0.05) is 19.9 Å². The first kappa shape index (κ1) is 6.85. The summed E-state index contributed by atoms with van der Waals surface area (Å²) in [6, 6.07) is 0. The number of hydrogen-bond acceptors (Lipinski definition) is 0. The van der Waals surface area contributed by atoms with Crippen molar-refractivity contribution in [1.29, 1.82) is 0 Å². The van der Waals surface area contributed by atoms with Gasteiger partial charge in [-0.15, -0.1) is 6.58 Å². The second kappa shape index (κ2) is 2.55. The molecule has 1 fully saturated rings. The van der Waals surface area contributed by atoms with E-state index in [9.17, 15) is 0 Å². The highest BCUT2D eigenvalue weighted by molar-refractivity contribution is 4.91. The summed E-state index contributed by atoms with van der Waals surface area (Å²) < 4.78 is 0. The van der Waals surface area contributed by atoms with E-state index < -0.39 is 0 Å². The van der Waals surface area contributed by atoms with Crippen LogP contribution in [0.25, 0.3) is 0 Å². The zero-order chi connectivity index (χ0) is 6.85. The van der Waals surface area contributed by atoms with Crippen molar-refractivity contribution in [3.63, 3.8) is 0 Å². The Labute approximate surface area is 58.0 Å². The minimum Gasteiger partial charge on any atom is -0.103 e. The van der Waals surface area contributed by atoms with E-state index in [4.69, 9.17) is 0 Å². The standard InChI is InChI=1S/C9H16/c1-4-9-7(2)5-6-8(9)3/h4,7-9H,1,5-6H2,2-3H3. The molecule has 2 unspecified atom stereocenters. The molecule has 0 aromatic heterocycles. The molecule has 0 radical (unpaired) electrons. The second-order valence-corrected chi connectivity index (χ2v) is 3.34. The van der Waals surface area contributed by atoms with Gasteiger partial charge in [0.2, 0.25) is 0 Å². The Hall–Kier alpha value is -0.260. The van der Waals surface area contributed by atoms with E-state index in [1.165, 1.54) is 12.8 Å². The van der Waals surface area contributed by atoms with Crippen LogP contribution in [0.3, 0.4) is 0 Å². The van der Waals surface area contributed by atoms with Crippen LogP contribution in [0, 0.1) is 17.8 Å². The van der Waals surface area contributed by atoms with E-state index in [0.29, 0.717) is 0 Å². The van der Waals surface area contributed by atoms with Crippen LogP contribution >= 0.6 is 0 Å². The molecule has 0 nitrogen and oxygen atoms in total. The average Bonchev–Trinajstić information content (AvgIpc) is 2.12. The quantitative estimate of drug-likeness (QED) is 0.471. The van der Waals surface area contributed by atoms with Gasteiger partial charge in [0, 0.05) is 0 Å². The molecule has 1 aliphatic carbocycles. The Bertz CT molecular complexity index is 94.6. The van der Waals surface area contributed by atoms with E-state index >= 15 is 0 Å². The van der Waals surface area contributed by atoms with Crippen molar-refractivity contribution >= 4 is 0 Å². The van der Waals surface area contributed by atoms with Gasteiger partial charge < -0.3 is 0 Å². The normalized spacial score (nSPS) is 43.1. The van der Waals surface area contributed by atoms with Crippen LogP contribution in [0.4, 0.5) is 0 Å². The maximum Gasteiger partial charge on any atom is -0.0185 e. The Kier molecular flexibility index (Phi) is 1.94. The van der Waals surface area contributed by atoms with E-state index in [0.717, 1.165) is 17.8 Å². The maximum atomic E-state index is 3.84. The van der Waals surface area contributed by atoms with E-state index in [1.54, 1.807) is 0 Å². The zero-order valence-corrected chi connectivity index (χ0v) is 6.43. The summed E-state index contributed by atoms with van der Waals surface area (Å²) in [4.78, 5) is 0. The summed E-state index contributed by atoms with van der Waals surface area (Å²) in [5.41, 5.74) is 0. The van der Waals surface area contributed by atoms with Crippen molar-refractivity contribution in [2.75, 3.05) is 0 Å². The van der Waals surface area contributed by atoms with Gasteiger partial charge in [-0.2, -0.15) is 0 Å². The van der Waals surface area contributed by atoms with Gasteiger partial charge in [-0.3, -0.25) is 0 Å². The lowest BCUT2D eigenvalue weighted by atomic mass is 9.92. The van der Waals surface area contributed by atoms with E-state index in [-0.39, 0.29) is 0 Å². The highest BCUT2D eigenvalue weighted by Crippen LogP contribution is 2.36. The maximum absolute atomic E-state index is 3.84. The molecule has 0 amide bonds. The molecule has 1 saturated carbocycles. The summed E-state index contributed by atoms with van der Waals surface area (Å²) >= 11 is 0. The van der Waals surface area contributed by atoms with Crippen LogP contribution in [0.15, 0.2) is 12.7 Å². The molecule has 0 saturated heterocycles. The lowest BCUT2D eigenvalue weighted by Crippen LogP contribution is -2.05. The highest BCUT2D eigenvalue weighted by Gasteiger charge is 2.26. The zero-order valence-electron chi connectivity index (χ0n) is 6.43. The molecule has 1 rings (SSSR count). The number of allylic oxidation sites excluding steroid dienone is 1. The molecule has 2 atom stereocenters. The molecule has 9 heavy (non-hydrogen) atoms. The van der Waals surface area contributed by atoms with Gasteiger partial charge in [0.1, 0.15) is 0 Å². The fourth-order valence-electron chi connectivity index (χ4n) is 1.94. The average molecular weight is 124 g/mol. The summed E-state index contributed by atoms with van der Waals surface area (Å²) in [7, 11) is 0. The van der Waals surface area contributed by atoms with E-state index in [2.05, 4.69) is 26.5 Å². The molecular formula is C9H16. The predicted molar refractivity (Wildman–Crippen MR) is 41.2 cm³/mol. The molecule has 0 heterocycles. The van der Waals surface area contributed by atoms with Gasteiger partial charge in [0.15, 0.2) is 0 Å². The molecule has 0 spiro atoms. The van der Waals surface area contributed by atoms with Crippen molar-refractivity contribution in [2.45, 2.75) is 26.7 Å². The Balaban J connectivity index is 2.54. The minimum absolute atomic E-state index is 0.796. The van der Waals surface area contributed by atoms with Crippen molar-refractivity contribution in [1.82, 2.24) is 0 Å². The SMILES string of the molecule is C=CC1C(C)CCC1C.